The van der Waals surface area contributed by atoms with Crippen LogP contribution in [0.3, 0.4) is 0 Å². The van der Waals surface area contributed by atoms with Crippen molar-refractivity contribution in [3.05, 3.63) is 71.9 Å². The molecule has 0 aliphatic rings. The third-order valence-corrected chi connectivity index (χ3v) is 4.79. The zero-order valence-corrected chi connectivity index (χ0v) is 15.9. The fraction of sp³-hybridized carbons (Fsp3) is 0.143. The molecule has 0 fully saturated rings. The predicted octanol–water partition coefficient (Wildman–Crippen LogP) is 5.10. The molecule has 6 heteroatoms. The van der Waals surface area contributed by atoms with Crippen molar-refractivity contribution in [1.29, 1.82) is 0 Å². The molecule has 2 aromatic heterocycles. The van der Waals surface area contributed by atoms with Crippen LogP contribution in [0.4, 0.5) is 5.69 Å². The molecule has 0 atom stereocenters. The van der Waals surface area contributed by atoms with E-state index < -0.39 is 0 Å². The molecule has 4 aromatic rings. The molecule has 0 aliphatic carbocycles. The smallest absolute Gasteiger partial charge is 0.255 e. The number of carbonyl (C=O) groups is 1. The van der Waals surface area contributed by atoms with E-state index in [1.54, 1.807) is 23.5 Å². The molecule has 0 saturated heterocycles. The minimum atomic E-state index is -0.152. The summed E-state index contributed by atoms with van der Waals surface area (Å²) in [6.07, 6.45) is 4.09. The van der Waals surface area contributed by atoms with Crippen LogP contribution in [0.25, 0.3) is 16.2 Å². The average molecular weight is 377 g/mol. The average Bonchev–Trinajstić information content (AvgIpc) is 3.24. The second kappa shape index (κ2) is 7.25. The minimum Gasteiger partial charge on any atom is -0.491 e. The molecule has 4 rings (SSSR count). The van der Waals surface area contributed by atoms with E-state index in [1.165, 1.54) is 0 Å². The Balaban J connectivity index is 1.44. The van der Waals surface area contributed by atoms with E-state index in [0.717, 1.165) is 27.7 Å². The molecular formula is C21H19N3O2S. The number of nitrogens with zero attached hydrogens (tertiary/aromatic N) is 2. The summed E-state index contributed by atoms with van der Waals surface area (Å²) in [6, 6.07) is 14.8. The van der Waals surface area contributed by atoms with Crippen LogP contribution in [-0.2, 0) is 0 Å². The molecule has 2 heterocycles. The lowest BCUT2D eigenvalue weighted by atomic mass is 10.1. The van der Waals surface area contributed by atoms with E-state index in [0.29, 0.717) is 5.56 Å². The number of nitrogens with one attached hydrogen (secondary N) is 1. The molecule has 0 radical (unpaired) electrons. The lowest BCUT2D eigenvalue weighted by molar-refractivity contribution is 0.102. The molecular weight excluding hydrogens is 358 g/mol. The van der Waals surface area contributed by atoms with E-state index in [9.17, 15) is 4.79 Å². The van der Waals surface area contributed by atoms with Gasteiger partial charge in [-0.2, -0.15) is 0 Å². The monoisotopic (exact) mass is 377 g/mol. The first-order chi connectivity index (χ1) is 13.1. The molecule has 0 saturated carbocycles. The Bertz CT molecular complexity index is 1030. The molecule has 0 unspecified atom stereocenters. The van der Waals surface area contributed by atoms with Gasteiger partial charge in [0.25, 0.3) is 5.91 Å². The van der Waals surface area contributed by atoms with Crippen LogP contribution >= 0.6 is 11.3 Å². The van der Waals surface area contributed by atoms with Crippen LogP contribution in [0.2, 0.25) is 0 Å². The molecule has 1 N–H and O–H groups in total. The largest absolute Gasteiger partial charge is 0.491 e. The number of anilines is 1. The Kier molecular flexibility index (Phi) is 4.64. The highest BCUT2D eigenvalue weighted by Crippen LogP contribution is 2.23. The summed E-state index contributed by atoms with van der Waals surface area (Å²) < 4.78 is 7.60. The maximum absolute atomic E-state index is 12.4. The topological polar surface area (TPSA) is 55.6 Å². The first-order valence-corrected chi connectivity index (χ1v) is 9.57. The van der Waals surface area contributed by atoms with Crippen molar-refractivity contribution in [3.63, 3.8) is 0 Å². The fourth-order valence-electron chi connectivity index (χ4n) is 2.75. The number of amides is 1. The molecule has 136 valence electrons. The third kappa shape index (κ3) is 3.85. The molecule has 2 aromatic carbocycles. The van der Waals surface area contributed by atoms with E-state index >= 15 is 0 Å². The van der Waals surface area contributed by atoms with E-state index in [4.69, 9.17) is 4.74 Å². The highest BCUT2D eigenvalue weighted by molar-refractivity contribution is 7.15. The summed E-state index contributed by atoms with van der Waals surface area (Å²) in [5.74, 6) is 0.604. The molecule has 0 bridgehead atoms. The van der Waals surface area contributed by atoms with Crippen LogP contribution < -0.4 is 10.1 Å². The van der Waals surface area contributed by atoms with Crippen LogP contribution in [0.1, 0.15) is 24.2 Å². The third-order valence-electron chi connectivity index (χ3n) is 4.02. The molecule has 0 aliphatic heterocycles. The second-order valence-corrected chi connectivity index (χ2v) is 7.31. The lowest BCUT2D eigenvalue weighted by Crippen LogP contribution is -2.12. The maximum Gasteiger partial charge on any atom is 0.255 e. The van der Waals surface area contributed by atoms with Gasteiger partial charge in [0.1, 0.15) is 5.75 Å². The number of hydrogen-bond acceptors (Lipinski definition) is 4. The van der Waals surface area contributed by atoms with Gasteiger partial charge >= 0.3 is 0 Å². The number of fused-ring (bicyclic) bond motifs is 1. The van der Waals surface area contributed by atoms with Crippen LogP contribution in [-0.4, -0.2) is 21.4 Å². The number of thiazole rings is 1. The Labute approximate surface area is 161 Å². The first kappa shape index (κ1) is 17.3. The summed E-state index contributed by atoms with van der Waals surface area (Å²) >= 11 is 1.60. The van der Waals surface area contributed by atoms with E-state index in [-0.39, 0.29) is 12.0 Å². The predicted molar refractivity (Wildman–Crippen MR) is 109 cm³/mol. The minimum absolute atomic E-state index is 0.106. The summed E-state index contributed by atoms with van der Waals surface area (Å²) in [7, 11) is 0. The molecule has 1 amide bonds. The highest BCUT2D eigenvalue weighted by Gasteiger charge is 2.09. The number of benzene rings is 2. The van der Waals surface area contributed by atoms with Crippen molar-refractivity contribution >= 4 is 27.9 Å². The Morgan fingerprint density at radius 1 is 1.11 bits per heavy atom. The number of carbonyl (C=O) groups excluding carboxylic acids is 1. The Morgan fingerprint density at radius 2 is 1.85 bits per heavy atom. The highest BCUT2D eigenvalue weighted by atomic mass is 32.1. The quantitative estimate of drug-likeness (QED) is 0.526. The van der Waals surface area contributed by atoms with Gasteiger partial charge < -0.3 is 10.1 Å². The van der Waals surface area contributed by atoms with Gasteiger partial charge in [-0.3, -0.25) is 9.20 Å². The van der Waals surface area contributed by atoms with E-state index in [2.05, 4.69) is 10.3 Å². The zero-order valence-electron chi connectivity index (χ0n) is 15.0. The van der Waals surface area contributed by atoms with Gasteiger partial charge in [-0.05, 0) is 50.2 Å². The first-order valence-electron chi connectivity index (χ1n) is 8.69. The number of imidazole rings is 1. The van der Waals surface area contributed by atoms with Crippen LogP contribution in [0.5, 0.6) is 5.75 Å². The van der Waals surface area contributed by atoms with Crippen molar-refractivity contribution in [1.82, 2.24) is 9.38 Å². The summed E-state index contributed by atoms with van der Waals surface area (Å²) in [5.41, 5.74) is 3.26. The van der Waals surface area contributed by atoms with Crippen LogP contribution in [0.15, 0.2) is 66.3 Å². The SMILES string of the molecule is CC(C)Oc1ccc(C(=O)Nc2ccc(-c3cn4ccsc4n3)cc2)cc1. The maximum atomic E-state index is 12.4. The fourth-order valence-corrected chi connectivity index (χ4v) is 3.45. The van der Waals surface area contributed by atoms with E-state index in [1.807, 2.05) is 72.4 Å². The Morgan fingerprint density at radius 3 is 2.52 bits per heavy atom. The Hall–Kier alpha value is -3.12. The summed E-state index contributed by atoms with van der Waals surface area (Å²) in [5, 5.41) is 4.92. The number of ether oxygens (including phenoxy) is 1. The number of aromatic nitrogens is 2. The standard InChI is InChI=1S/C21H19N3O2S/c1-14(2)26-18-9-5-16(6-10-18)20(25)22-17-7-3-15(4-8-17)19-13-24-11-12-27-21(24)23-19/h3-14H,1-2H3,(H,22,25). The van der Waals surface area contributed by atoms with Gasteiger partial charge in [-0.25, -0.2) is 4.98 Å². The molecule has 27 heavy (non-hydrogen) atoms. The van der Waals surface area contributed by atoms with Crippen molar-refractivity contribution < 1.29 is 9.53 Å². The van der Waals surface area contributed by atoms with Crippen LogP contribution in [0, 0.1) is 0 Å². The second-order valence-electron chi connectivity index (χ2n) is 6.44. The zero-order chi connectivity index (χ0) is 18.8. The molecule has 0 spiro atoms. The number of rotatable bonds is 5. The van der Waals surface area contributed by atoms with Gasteiger partial charge in [0.05, 0.1) is 11.8 Å². The lowest BCUT2D eigenvalue weighted by Gasteiger charge is -2.10. The van der Waals surface area contributed by atoms with Gasteiger partial charge in [-0.1, -0.05) is 12.1 Å². The molecule has 5 nitrogen and oxygen atoms in total. The van der Waals surface area contributed by atoms with Crippen molar-refractivity contribution in [3.8, 4) is 17.0 Å². The van der Waals surface area contributed by atoms with Crippen molar-refractivity contribution in [2.24, 2.45) is 0 Å². The van der Waals surface area contributed by atoms with Crippen molar-refractivity contribution in [2.45, 2.75) is 20.0 Å². The summed E-state index contributed by atoms with van der Waals surface area (Å²) in [4.78, 5) is 18.0. The van der Waals surface area contributed by atoms with Gasteiger partial charge in [-0.15, -0.1) is 11.3 Å². The normalized spacial score (nSPS) is 11.1. The van der Waals surface area contributed by atoms with Gasteiger partial charge in [0, 0.05) is 34.6 Å². The van der Waals surface area contributed by atoms with Gasteiger partial charge in [0.15, 0.2) is 4.96 Å². The number of hydrogen-bond donors (Lipinski definition) is 1. The van der Waals surface area contributed by atoms with Crippen molar-refractivity contribution in [2.75, 3.05) is 5.32 Å². The summed E-state index contributed by atoms with van der Waals surface area (Å²) in [6.45, 7) is 3.94. The van der Waals surface area contributed by atoms with Gasteiger partial charge in [0.2, 0.25) is 0 Å².